The number of pyridine rings is 1. The van der Waals surface area contributed by atoms with Crippen LogP contribution >= 0.6 is 0 Å². The van der Waals surface area contributed by atoms with Crippen molar-refractivity contribution in [1.29, 1.82) is 0 Å². The number of carbonyl (C=O) groups is 2. The number of aromatic nitrogens is 1. The molecule has 2 aromatic carbocycles. The molecule has 2 aliphatic rings. The van der Waals surface area contributed by atoms with Crippen LogP contribution in [-0.2, 0) is 13.1 Å². The Bertz CT molecular complexity index is 1560. The van der Waals surface area contributed by atoms with Gasteiger partial charge < -0.3 is 34.7 Å². The number of rotatable bonds is 8. The molecule has 0 radical (unpaired) electrons. The van der Waals surface area contributed by atoms with Gasteiger partial charge in [-0.3, -0.25) is 9.69 Å². The van der Waals surface area contributed by atoms with Crippen molar-refractivity contribution in [1.82, 2.24) is 19.7 Å². The molecule has 0 spiro atoms. The van der Waals surface area contributed by atoms with E-state index in [0.717, 1.165) is 16.5 Å². The van der Waals surface area contributed by atoms with Gasteiger partial charge in [0, 0.05) is 56.3 Å². The molecule has 1 aromatic heterocycles. The topological polar surface area (TPSA) is 125 Å². The van der Waals surface area contributed by atoms with Crippen LogP contribution in [0.1, 0.15) is 46.1 Å². The predicted molar refractivity (Wildman–Crippen MR) is 170 cm³/mol. The number of nitrogens with zero attached hydrogens (tertiary/aromatic N) is 3. The molecule has 2 aliphatic heterocycles. The third-order valence-electron chi connectivity index (χ3n) is 8.56. The van der Waals surface area contributed by atoms with Crippen molar-refractivity contribution < 1.29 is 24.2 Å². The largest absolute Gasteiger partial charge is 0.486 e. The van der Waals surface area contributed by atoms with Gasteiger partial charge in [-0.1, -0.05) is 32.9 Å². The Labute approximate surface area is 257 Å². The van der Waals surface area contributed by atoms with Crippen LogP contribution in [0, 0.1) is 5.41 Å². The minimum atomic E-state index is -0.940. The Morgan fingerprint density at radius 3 is 2.55 bits per heavy atom. The van der Waals surface area contributed by atoms with Crippen LogP contribution in [0.4, 0.5) is 15.3 Å². The number of ether oxygens (including phenoxy) is 2. The molecule has 3 heterocycles. The van der Waals surface area contributed by atoms with Gasteiger partial charge in [0.15, 0.2) is 11.5 Å². The van der Waals surface area contributed by atoms with Crippen LogP contribution in [0.15, 0.2) is 53.3 Å². The fourth-order valence-electron chi connectivity index (χ4n) is 6.41. The molecule has 2 atom stereocenters. The van der Waals surface area contributed by atoms with Gasteiger partial charge >= 0.3 is 12.1 Å². The molecule has 1 fully saturated rings. The second-order valence-electron chi connectivity index (χ2n) is 12.5. The second-order valence-corrected chi connectivity index (χ2v) is 12.5. The number of amides is 3. The Balaban J connectivity index is 1.32. The monoisotopic (exact) mass is 605 g/mol. The molecule has 5 rings (SSSR count). The van der Waals surface area contributed by atoms with E-state index >= 15 is 0 Å². The van der Waals surface area contributed by atoms with E-state index in [4.69, 9.17) is 9.47 Å². The summed E-state index contributed by atoms with van der Waals surface area (Å²) < 4.78 is 13.1. The molecular weight excluding hydrogens is 562 g/mol. The van der Waals surface area contributed by atoms with E-state index in [2.05, 4.69) is 36.3 Å². The second kappa shape index (κ2) is 13.2. The fraction of sp³-hybridized carbons (Fsp3) is 0.485. The van der Waals surface area contributed by atoms with Crippen LogP contribution in [0.2, 0.25) is 0 Å². The Kier molecular flexibility index (Phi) is 9.33. The first-order valence-electron chi connectivity index (χ1n) is 15.3. The van der Waals surface area contributed by atoms with Crippen LogP contribution in [0.5, 0.6) is 11.5 Å². The SMILES string of the molecule is CCNC(=O)Nc1cccc2c1ccc(=O)n2CCN1CCC(N(Cc2ccc3c(c2)OCCO3)C(=O)O)CC1C(C)(C)C. The molecule has 3 aromatic rings. The Hall–Kier alpha value is -4.25. The van der Waals surface area contributed by atoms with Crippen LogP contribution in [0.25, 0.3) is 10.9 Å². The smallest absolute Gasteiger partial charge is 0.407 e. The third-order valence-corrected chi connectivity index (χ3v) is 8.56. The van der Waals surface area contributed by atoms with E-state index in [0.29, 0.717) is 69.4 Å². The van der Waals surface area contributed by atoms with Gasteiger partial charge in [-0.25, -0.2) is 9.59 Å². The van der Waals surface area contributed by atoms with Gasteiger partial charge in [-0.05, 0) is 61.1 Å². The van der Waals surface area contributed by atoms with E-state index in [-0.39, 0.29) is 35.6 Å². The number of nitrogens with one attached hydrogen (secondary N) is 2. The summed E-state index contributed by atoms with van der Waals surface area (Å²) in [6, 6.07) is 14.1. The summed E-state index contributed by atoms with van der Waals surface area (Å²) in [4.78, 5) is 41.7. The minimum Gasteiger partial charge on any atom is -0.486 e. The molecule has 11 nitrogen and oxygen atoms in total. The zero-order chi connectivity index (χ0) is 31.4. The molecule has 0 saturated carbocycles. The molecule has 3 amide bonds. The van der Waals surface area contributed by atoms with Crippen LogP contribution < -0.4 is 25.7 Å². The highest BCUT2D eigenvalue weighted by Crippen LogP contribution is 2.36. The zero-order valence-electron chi connectivity index (χ0n) is 26.0. The minimum absolute atomic E-state index is 0.101. The molecule has 11 heteroatoms. The number of anilines is 1. The summed E-state index contributed by atoms with van der Waals surface area (Å²) in [6.07, 6.45) is 0.435. The van der Waals surface area contributed by atoms with Crippen LogP contribution in [-0.4, -0.2) is 76.5 Å². The summed E-state index contributed by atoms with van der Waals surface area (Å²) in [6.45, 7) is 12.0. The number of likely N-dealkylation sites (tertiary alicyclic amines) is 1. The fourth-order valence-corrected chi connectivity index (χ4v) is 6.41. The van der Waals surface area contributed by atoms with Gasteiger partial charge in [-0.2, -0.15) is 0 Å². The van der Waals surface area contributed by atoms with Crippen molar-refractivity contribution in [2.75, 3.05) is 38.2 Å². The van der Waals surface area contributed by atoms with E-state index in [9.17, 15) is 19.5 Å². The van der Waals surface area contributed by atoms with Crippen LogP contribution in [0.3, 0.4) is 0 Å². The molecule has 0 bridgehead atoms. The Morgan fingerprint density at radius 2 is 1.82 bits per heavy atom. The maximum atomic E-state index is 13.1. The van der Waals surface area contributed by atoms with Crippen molar-refractivity contribution in [3.63, 3.8) is 0 Å². The van der Waals surface area contributed by atoms with E-state index in [1.165, 1.54) is 0 Å². The first-order valence-corrected chi connectivity index (χ1v) is 15.3. The highest BCUT2D eigenvalue weighted by atomic mass is 16.6. The quantitative estimate of drug-likeness (QED) is 0.331. The van der Waals surface area contributed by atoms with E-state index in [1.807, 2.05) is 43.3 Å². The standard InChI is InChI=1S/C33H43N5O6/c1-5-34-31(40)35-25-7-6-8-26-24(25)10-12-30(39)37(26)16-15-36-14-13-23(20-29(36)33(2,3)4)38(32(41)42)21-22-9-11-27-28(19-22)44-18-17-43-27/h6-12,19,23,29H,5,13-18,20-21H2,1-4H3,(H,41,42)(H2,34,35,40). The number of fused-ring (bicyclic) bond motifs is 2. The van der Waals surface area contributed by atoms with Gasteiger partial charge in [0.25, 0.3) is 5.56 Å². The maximum absolute atomic E-state index is 13.1. The first kappa shape index (κ1) is 31.2. The molecular formula is C33H43N5O6. The molecule has 236 valence electrons. The summed E-state index contributed by atoms with van der Waals surface area (Å²) in [5.41, 5.74) is 2.04. The summed E-state index contributed by atoms with van der Waals surface area (Å²) in [7, 11) is 0. The number of benzene rings is 2. The van der Waals surface area contributed by atoms with Crippen molar-refractivity contribution in [2.45, 2.75) is 65.7 Å². The third kappa shape index (κ3) is 6.93. The maximum Gasteiger partial charge on any atom is 0.407 e. The lowest BCUT2D eigenvalue weighted by molar-refractivity contribution is 0.0131. The normalized spacial score (nSPS) is 18.5. The number of urea groups is 1. The summed E-state index contributed by atoms with van der Waals surface area (Å²) >= 11 is 0. The number of carboxylic acid groups (broad SMARTS) is 1. The van der Waals surface area contributed by atoms with Gasteiger partial charge in [0.2, 0.25) is 0 Å². The first-order chi connectivity index (χ1) is 21.0. The zero-order valence-corrected chi connectivity index (χ0v) is 26.0. The van der Waals surface area contributed by atoms with Gasteiger partial charge in [0.05, 0.1) is 11.2 Å². The van der Waals surface area contributed by atoms with E-state index < -0.39 is 6.09 Å². The summed E-state index contributed by atoms with van der Waals surface area (Å²) in [5.74, 6) is 1.33. The van der Waals surface area contributed by atoms with E-state index in [1.54, 1.807) is 21.6 Å². The average molecular weight is 606 g/mol. The van der Waals surface area contributed by atoms with Gasteiger partial charge in [-0.15, -0.1) is 0 Å². The highest BCUT2D eigenvalue weighted by molar-refractivity contribution is 6.00. The highest BCUT2D eigenvalue weighted by Gasteiger charge is 2.39. The molecule has 3 N–H and O–H groups in total. The average Bonchev–Trinajstić information content (AvgIpc) is 2.99. The number of piperidine rings is 1. The number of hydrogen-bond acceptors (Lipinski definition) is 6. The number of carbonyl (C=O) groups excluding carboxylic acids is 1. The Morgan fingerprint density at radius 1 is 1.05 bits per heavy atom. The molecule has 1 saturated heterocycles. The molecule has 2 unspecified atom stereocenters. The molecule has 0 aliphatic carbocycles. The lowest BCUT2D eigenvalue weighted by atomic mass is 9.78. The predicted octanol–water partition coefficient (Wildman–Crippen LogP) is 4.97. The van der Waals surface area contributed by atoms with Crippen molar-refractivity contribution in [3.8, 4) is 11.5 Å². The van der Waals surface area contributed by atoms with Crippen molar-refractivity contribution >= 4 is 28.7 Å². The molecule has 44 heavy (non-hydrogen) atoms. The summed E-state index contributed by atoms with van der Waals surface area (Å²) in [5, 5.41) is 16.7. The van der Waals surface area contributed by atoms with Gasteiger partial charge in [0.1, 0.15) is 13.2 Å². The lowest BCUT2D eigenvalue weighted by Crippen LogP contribution is -2.55. The number of hydrogen-bond donors (Lipinski definition) is 3. The van der Waals surface area contributed by atoms with Crippen molar-refractivity contribution in [2.24, 2.45) is 5.41 Å². The van der Waals surface area contributed by atoms with Crippen molar-refractivity contribution in [3.05, 3.63) is 64.4 Å². The lowest BCUT2D eigenvalue weighted by Gasteiger charge is -2.48.